The zero-order valence-electron chi connectivity index (χ0n) is 32.7. The van der Waals surface area contributed by atoms with E-state index in [2.05, 4.69) is 57.2 Å². The number of hydrogen-bond donors (Lipinski definition) is 0. The first kappa shape index (κ1) is 48.3. The van der Waals surface area contributed by atoms with Gasteiger partial charge in [0.2, 0.25) is 0 Å². The largest absolute Gasteiger partial charge is 0.462 e. The van der Waals surface area contributed by atoms with E-state index >= 15 is 0 Å². The summed E-state index contributed by atoms with van der Waals surface area (Å²) in [5.41, 5.74) is 0. The molecular formula is C47H66O6. The molecule has 0 aromatic carbocycles. The highest BCUT2D eigenvalue weighted by Crippen LogP contribution is 2.08. The fraction of sp³-hybridized carbons (Fsp3) is 0.426. The molecule has 1 unspecified atom stereocenters. The summed E-state index contributed by atoms with van der Waals surface area (Å²) < 4.78 is 16.4. The molecule has 0 aliphatic carbocycles. The van der Waals surface area contributed by atoms with E-state index in [1.165, 1.54) is 0 Å². The molecule has 290 valence electrons. The predicted octanol–water partition coefficient (Wildman–Crippen LogP) is 12.2. The van der Waals surface area contributed by atoms with Crippen molar-refractivity contribution in [1.82, 2.24) is 0 Å². The van der Waals surface area contributed by atoms with E-state index in [1.807, 2.05) is 103 Å². The van der Waals surface area contributed by atoms with Crippen LogP contribution in [0, 0.1) is 0 Å². The minimum Gasteiger partial charge on any atom is -0.462 e. The van der Waals surface area contributed by atoms with E-state index in [1.54, 1.807) is 6.08 Å². The van der Waals surface area contributed by atoms with E-state index in [0.717, 1.165) is 57.8 Å². The summed E-state index contributed by atoms with van der Waals surface area (Å²) in [7, 11) is 0. The van der Waals surface area contributed by atoms with Crippen molar-refractivity contribution in [2.45, 2.75) is 117 Å². The summed E-state index contributed by atoms with van der Waals surface area (Å²) >= 11 is 0. The predicted molar refractivity (Wildman–Crippen MR) is 223 cm³/mol. The standard InChI is InChI=1S/C47H66O6/c1-4-7-10-13-16-19-21-23-25-28-31-34-37-40-46(49)52-43-44(42-51-45(48)39-36-33-30-27-18-15-12-9-6-3)53-47(50)41-38-35-32-29-26-24-22-20-17-14-11-8-5-2/h7-14,16-28,31,33,36,44H,4-6,15,29-30,32,34-35,37-43H2,1-3H3/b10-7-,11-8-,12-9-,16-13-,17-14-,21-19-,22-20-,25-23-,26-24-,27-18-,31-28-,36-33-. The van der Waals surface area contributed by atoms with Crippen LogP contribution in [0.1, 0.15) is 111 Å². The van der Waals surface area contributed by atoms with Gasteiger partial charge in [-0.2, -0.15) is 0 Å². The molecule has 0 saturated carbocycles. The van der Waals surface area contributed by atoms with Gasteiger partial charge in [0.1, 0.15) is 13.2 Å². The molecule has 0 radical (unpaired) electrons. The minimum atomic E-state index is -0.865. The Morgan fingerprint density at radius 2 is 0.849 bits per heavy atom. The van der Waals surface area contributed by atoms with Crippen LogP contribution in [0.15, 0.2) is 146 Å². The van der Waals surface area contributed by atoms with Crippen LogP contribution in [0.3, 0.4) is 0 Å². The van der Waals surface area contributed by atoms with E-state index in [4.69, 9.17) is 14.2 Å². The number of esters is 3. The quantitative estimate of drug-likeness (QED) is 0.0233. The molecule has 0 bridgehead atoms. The van der Waals surface area contributed by atoms with E-state index in [9.17, 15) is 14.4 Å². The second-order valence-electron chi connectivity index (χ2n) is 11.9. The zero-order chi connectivity index (χ0) is 38.7. The second-order valence-corrected chi connectivity index (χ2v) is 11.9. The smallest absolute Gasteiger partial charge is 0.309 e. The Balaban J connectivity index is 4.71. The highest BCUT2D eigenvalue weighted by molar-refractivity contribution is 5.72. The summed E-state index contributed by atoms with van der Waals surface area (Å²) in [4.78, 5) is 37.4. The third kappa shape index (κ3) is 38.4. The van der Waals surface area contributed by atoms with Gasteiger partial charge in [-0.05, 0) is 64.2 Å². The van der Waals surface area contributed by atoms with Crippen LogP contribution in [-0.4, -0.2) is 37.2 Å². The van der Waals surface area contributed by atoms with Crippen molar-refractivity contribution < 1.29 is 28.6 Å². The maximum Gasteiger partial charge on any atom is 0.309 e. The molecule has 6 heteroatoms. The highest BCUT2D eigenvalue weighted by atomic mass is 16.6. The molecule has 0 aromatic heterocycles. The average Bonchev–Trinajstić information content (AvgIpc) is 3.15. The van der Waals surface area contributed by atoms with Gasteiger partial charge < -0.3 is 14.2 Å². The molecule has 0 fully saturated rings. The van der Waals surface area contributed by atoms with Crippen LogP contribution < -0.4 is 0 Å². The van der Waals surface area contributed by atoms with E-state index in [-0.39, 0.29) is 38.4 Å². The number of unbranched alkanes of at least 4 members (excludes halogenated alkanes) is 4. The average molecular weight is 727 g/mol. The van der Waals surface area contributed by atoms with Gasteiger partial charge >= 0.3 is 17.9 Å². The van der Waals surface area contributed by atoms with Crippen molar-refractivity contribution in [2.24, 2.45) is 0 Å². The molecule has 0 heterocycles. The first-order chi connectivity index (χ1) is 26.0. The van der Waals surface area contributed by atoms with Crippen LogP contribution in [0.4, 0.5) is 0 Å². The van der Waals surface area contributed by atoms with Crippen LogP contribution in [-0.2, 0) is 28.6 Å². The Hall–Kier alpha value is -4.71. The molecule has 0 rings (SSSR count). The summed E-state index contributed by atoms with van der Waals surface area (Å²) in [6, 6.07) is 0. The molecule has 53 heavy (non-hydrogen) atoms. The molecule has 0 N–H and O–H groups in total. The Morgan fingerprint density at radius 1 is 0.415 bits per heavy atom. The van der Waals surface area contributed by atoms with Crippen molar-refractivity contribution in [2.75, 3.05) is 13.2 Å². The lowest BCUT2D eigenvalue weighted by Crippen LogP contribution is -2.30. The van der Waals surface area contributed by atoms with Gasteiger partial charge in [0.15, 0.2) is 6.10 Å². The molecule has 0 aliphatic heterocycles. The Bertz CT molecular complexity index is 1300. The highest BCUT2D eigenvalue weighted by Gasteiger charge is 2.19. The lowest BCUT2D eigenvalue weighted by atomic mass is 10.1. The number of ether oxygens (including phenoxy) is 3. The first-order valence-electron chi connectivity index (χ1n) is 19.5. The maximum absolute atomic E-state index is 12.6. The molecule has 0 spiro atoms. The van der Waals surface area contributed by atoms with Gasteiger partial charge in [-0.25, -0.2) is 0 Å². The molecule has 0 saturated heterocycles. The monoisotopic (exact) mass is 726 g/mol. The fourth-order valence-electron chi connectivity index (χ4n) is 4.25. The Kier molecular flexibility index (Phi) is 36.5. The third-order valence-corrected chi connectivity index (χ3v) is 7.08. The first-order valence-corrected chi connectivity index (χ1v) is 19.5. The molecule has 0 aromatic rings. The van der Waals surface area contributed by atoms with Gasteiger partial charge in [0.05, 0.1) is 6.42 Å². The van der Waals surface area contributed by atoms with Gasteiger partial charge in [-0.3, -0.25) is 14.4 Å². The van der Waals surface area contributed by atoms with Crippen LogP contribution in [0.25, 0.3) is 0 Å². The van der Waals surface area contributed by atoms with Crippen molar-refractivity contribution in [3.8, 4) is 0 Å². The number of allylic oxidation sites excluding steroid dienone is 23. The normalized spacial score (nSPS) is 13.6. The third-order valence-electron chi connectivity index (χ3n) is 7.08. The van der Waals surface area contributed by atoms with Crippen molar-refractivity contribution in [1.29, 1.82) is 0 Å². The van der Waals surface area contributed by atoms with Crippen molar-refractivity contribution in [3.63, 3.8) is 0 Å². The molecule has 0 amide bonds. The molecule has 6 nitrogen and oxygen atoms in total. The number of hydrogen-bond acceptors (Lipinski definition) is 6. The van der Waals surface area contributed by atoms with E-state index in [0.29, 0.717) is 12.8 Å². The van der Waals surface area contributed by atoms with Crippen molar-refractivity contribution >= 4 is 17.9 Å². The molecule has 1 atom stereocenters. The Labute approximate surface area is 321 Å². The number of carbonyl (C=O) groups excluding carboxylic acids is 3. The number of carbonyl (C=O) groups is 3. The zero-order valence-corrected chi connectivity index (χ0v) is 32.7. The van der Waals surface area contributed by atoms with E-state index < -0.39 is 18.0 Å². The molecule has 0 aliphatic rings. The van der Waals surface area contributed by atoms with Gasteiger partial charge in [0.25, 0.3) is 0 Å². The second kappa shape index (κ2) is 40.1. The van der Waals surface area contributed by atoms with Gasteiger partial charge in [-0.1, -0.05) is 173 Å². The minimum absolute atomic E-state index is 0.105. The summed E-state index contributed by atoms with van der Waals surface area (Å²) in [6.45, 7) is 5.96. The van der Waals surface area contributed by atoms with Gasteiger partial charge in [-0.15, -0.1) is 0 Å². The van der Waals surface area contributed by atoms with Gasteiger partial charge in [0, 0.05) is 12.8 Å². The lowest BCUT2D eigenvalue weighted by Gasteiger charge is -2.18. The summed E-state index contributed by atoms with van der Waals surface area (Å²) in [5, 5.41) is 0. The van der Waals surface area contributed by atoms with Crippen LogP contribution in [0.2, 0.25) is 0 Å². The summed E-state index contributed by atoms with van der Waals surface area (Å²) in [6.07, 6.45) is 57.3. The topological polar surface area (TPSA) is 78.9 Å². The number of rotatable bonds is 31. The SMILES string of the molecule is CC\C=C/C=C\C=C/C=C\C=C/CCCC(=O)OCC(COC(=O)C/C=C\C/C=C\C/C=C\CC)OC(=O)CCCCC\C=C/C=C\C=C/C=C\CC. The molecular weight excluding hydrogens is 661 g/mol. The fourth-order valence-corrected chi connectivity index (χ4v) is 4.25. The lowest BCUT2D eigenvalue weighted by molar-refractivity contribution is -0.166. The Morgan fingerprint density at radius 3 is 1.40 bits per heavy atom. The maximum atomic E-state index is 12.6. The van der Waals surface area contributed by atoms with Crippen molar-refractivity contribution in [3.05, 3.63) is 146 Å². The van der Waals surface area contributed by atoms with Crippen LogP contribution >= 0.6 is 0 Å². The van der Waals surface area contributed by atoms with Crippen LogP contribution in [0.5, 0.6) is 0 Å². The summed E-state index contributed by atoms with van der Waals surface area (Å²) in [5.74, 6) is -1.23.